The Bertz CT molecular complexity index is 681. The van der Waals surface area contributed by atoms with Crippen LogP contribution in [0.3, 0.4) is 0 Å². The van der Waals surface area contributed by atoms with Gasteiger partial charge in [0.2, 0.25) is 5.24 Å². The normalized spacial score (nSPS) is 10.7. The molecular formula is C17H14ClFO3. The Kier molecular flexibility index (Phi) is 5.55. The second-order valence-corrected chi connectivity index (χ2v) is 4.84. The molecule has 0 saturated carbocycles. The predicted octanol–water partition coefficient (Wildman–Crippen LogP) is 4.19. The number of methoxy groups -OCH3 is 1. The molecule has 0 fully saturated rings. The van der Waals surface area contributed by atoms with E-state index in [1.54, 1.807) is 36.4 Å². The van der Waals surface area contributed by atoms with E-state index in [1.807, 2.05) is 0 Å². The minimum atomic E-state index is -0.546. The number of halogens is 2. The molecule has 0 aromatic heterocycles. The number of ether oxygens (including phenoxy) is 2. The Labute approximate surface area is 132 Å². The zero-order valence-electron chi connectivity index (χ0n) is 11.9. The average Bonchev–Trinajstić information content (AvgIpc) is 2.52. The number of rotatable bonds is 6. The molecule has 2 aromatic rings. The van der Waals surface area contributed by atoms with Gasteiger partial charge in [-0.2, -0.15) is 0 Å². The fraction of sp³-hybridized carbons (Fsp3) is 0.118. The molecule has 0 radical (unpaired) electrons. The molecule has 0 unspecified atom stereocenters. The fourth-order valence-corrected chi connectivity index (χ4v) is 1.87. The largest absolute Gasteiger partial charge is 0.493 e. The summed E-state index contributed by atoms with van der Waals surface area (Å²) in [5, 5.41) is -0.546. The Morgan fingerprint density at radius 1 is 1.18 bits per heavy atom. The van der Waals surface area contributed by atoms with E-state index >= 15 is 0 Å². The highest BCUT2D eigenvalue weighted by Gasteiger charge is 2.05. The van der Waals surface area contributed by atoms with Crippen LogP contribution in [-0.2, 0) is 11.4 Å². The summed E-state index contributed by atoms with van der Waals surface area (Å²) in [5.41, 5.74) is 1.61. The monoisotopic (exact) mass is 320 g/mol. The lowest BCUT2D eigenvalue weighted by Crippen LogP contribution is -1.98. The van der Waals surface area contributed by atoms with Gasteiger partial charge in [0.25, 0.3) is 0 Å². The van der Waals surface area contributed by atoms with Crippen LogP contribution in [0.5, 0.6) is 11.5 Å². The van der Waals surface area contributed by atoms with Crippen molar-refractivity contribution < 1.29 is 18.7 Å². The fourth-order valence-electron chi connectivity index (χ4n) is 1.81. The van der Waals surface area contributed by atoms with Crippen molar-refractivity contribution in [2.75, 3.05) is 7.11 Å². The van der Waals surface area contributed by atoms with E-state index in [9.17, 15) is 9.18 Å². The zero-order valence-corrected chi connectivity index (χ0v) is 12.6. The van der Waals surface area contributed by atoms with Crippen LogP contribution in [0.4, 0.5) is 4.39 Å². The summed E-state index contributed by atoms with van der Waals surface area (Å²) in [7, 11) is 1.53. The molecule has 0 spiro atoms. The standard InChI is InChI=1S/C17H14ClFO3/c1-21-16-10-12(5-9-17(18)20)4-8-15(16)22-11-13-2-6-14(19)7-3-13/h2-10H,11H2,1H3/b9-5+. The van der Waals surface area contributed by atoms with Gasteiger partial charge in [0.05, 0.1) is 7.11 Å². The Morgan fingerprint density at radius 2 is 1.91 bits per heavy atom. The summed E-state index contributed by atoms with van der Waals surface area (Å²) in [5.74, 6) is 0.804. The van der Waals surface area contributed by atoms with Crippen LogP contribution in [0.15, 0.2) is 48.5 Å². The lowest BCUT2D eigenvalue weighted by molar-refractivity contribution is -0.107. The highest BCUT2D eigenvalue weighted by molar-refractivity contribution is 6.66. The first-order valence-electron chi connectivity index (χ1n) is 6.51. The molecule has 3 nitrogen and oxygen atoms in total. The van der Waals surface area contributed by atoms with Gasteiger partial charge in [-0.05, 0) is 53.1 Å². The number of carbonyl (C=O) groups is 1. The van der Waals surface area contributed by atoms with Gasteiger partial charge in [0.1, 0.15) is 12.4 Å². The maximum absolute atomic E-state index is 12.8. The van der Waals surface area contributed by atoms with Crippen molar-refractivity contribution in [1.29, 1.82) is 0 Å². The molecular weight excluding hydrogens is 307 g/mol. The van der Waals surface area contributed by atoms with Crippen molar-refractivity contribution in [2.45, 2.75) is 6.61 Å². The Balaban J connectivity index is 2.10. The SMILES string of the molecule is COc1cc(/C=C/C(=O)Cl)ccc1OCc1ccc(F)cc1. The minimum Gasteiger partial charge on any atom is -0.493 e. The summed E-state index contributed by atoms with van der Waals surface area (Å²) >= 11 is 5.25. The Hall–Kier alpha value is -2.33. The number of allylic oxidation sites excluding steroid dienone is 1. The van der Waals surface area contributed by atoms with Gasteiger partial charge >= 0.3 is 0 Å². The minimum absolute atomic E-state index is 0.286. The van der Waals surface area contributed by atoms with Crippen LogP contribution in [0, 0.1) is 5.82 Å². The summed E-state index contributed by atoms with van der Waals surface area (Å²) in [6.07, 6.45) is 2.84. The van der Waals surface area contributed by atoms with Gasteiger partial charge < -0.3 is 9.47 Å². The van der Waals surface area contributed by atoms with Crippen LogP contribution >= 0.6 is 11.6 Å². The second kappa shape index (κ2) is 7.61. The van der Waals surface area contributed by atoms with Crippen LogP contribution in [0.1, 0.15) is 11.1 Å². The summed E-state index contributed by atoms with van der Waals surface area (Å²) < 4.78 is 23.8. The average molecular weight is 321 g/mol. The molecule has 0 aliphatic rings. The molecule has 22 heavy (non-hydrogen) atoms. The third kappa shape index (κ3) is 4.60. The first-order valence-corrected chi connectivity index (χ1v) is 6.89. The maximum atomic E-state index is 12.8. The van der Waals surface area contributed by atoms with Gasteiger partial charge in [0.15, 0.2) is 11.5 Å². The second-order valence-electron chi connectivity index (χ2n) is 4.46. The van der Waals surface area contributed by atoms with Crippen molar-refractivity contribution in [3.63, 3.8) is 0 Å². The van der Waals surface area contributed by atoms with Crippen molar-refractivity contribution >= 4 is 22.9 Å². The Morgan fingerprint density at radius 3 is 2.55 bits per heavy atom. The van der Waals surface area contributed by atoms with E-state index < -0.39 is 5.24 Å². The lowest BCUT2D eigenvalue weighted by Gasteiger charge is -2.11. The highest BCUT2D eigenvalue weighted by atomic mass is 35.5. The molecule has 2 rings (SSSR count). The molecule has 0 amide bonds. The van der Waals surface area contributed by atoms with E-state index in [4.69, 9.17) is 21.1 Å². The van der Waals surface area contributed by atoms with Crippen LogP contribution in [0.25, 0.3) is 6.08 Å². The smallest absolute Gasteiger partial charge is 0.245 e. The quantitative estimate of drug-likeness (QED) is 0.591. The van der Waals surface area contributed by atoms with E-state index in [2.05, 4.69) is 0 Å². The maximum Gasteiger partial charge on any atom is 0.245 e. The molecule has 114 valence electrons. The molecule has 0 aliphatic carbocycles. The predicted molar refractivity (Wildman–Crippen MR) is 83.6 cm³/mol. The van der Waals surface area contributed by atoms with Gasteiger partial charge in [-0.25, -0.2) is 4.39 Å². The van der Waals surface area contributed by atoms with E-state index in [1.165, 1.54) is 25.3 Å². The van der Waals surface area contributed by atoms with Gasteiger partial charge in [-0.3, -0.25) is 4.79 Å². The molecule has 0 atom stereocenters. The summed E-state index contributed by atoms with van der Waals surface area (Å²) in [6.45, 7) is 0.298. The zero-order chi connectivity index (χ0) is 15.9. The van der Waals surface area contributed by atoms with Crippen LogP contribution in [0.2, 0.25) is 0 Å². The van der Waals surface area contributed by atoms with Crippen molar-refractivity contribution in [2.24, 2.45) is 0 Å². The summed E-state index contributed by atoms with van der Waals surface area (Å²) in [4.78, 5) is 10.7. The van der Waals surface area contributed by atoms with Crippen molar-refractivity contribution in [1.82, 2.24) is 0 Å². The molecule has 0 N–H and O–H groups in total. The van der Waals surface area contributed by atoms with Crippen molar-refractivity contribution in [3.05, 3.63) is 65.5 Å². The lowest BCUT2D eigenvalue weighted by atomic mass is 10.2. The van der Waals surface area contributed by atoms with Gasteiger partial charge in [-0.1, -0.05) is 24.3 Å². The number of benzene rings is 2. The molecule has 0 bridgehead atoms. The number of carbonyl (C=O) groups excluding carboxylic acids is 1. The topological polar surface area (TPSA) is 35.5 Å². The molecule has 5 heteroatoms. The number of hydrogen-bond acceptors (Lipinski definition) is 3. The first kappa shape index (κ1) is 16.0. The molecule has 0 heterocycles. The van der Waals surface area contributed by atoms with Crippen LogP contribution < -0.4 is 9.47 Å². The third-order valence-corrected chi connectivity index (χ3v) is 3.03. The summed E-state index contributed by atoms with van der Waals surface area (Å²) in [6, 6.07) is 11.3. The van der Waals surface area contributed by atoms with E-state index in [0.717, 1.165) is 11.1 Å². The molecule has 2 aromatic carbocycles. The van der Waals surface area contributed by atoms with E-state index in [0.29, 0.717) is 18.1 Å². The molecule has 0 aliphatic heterocycles. The number of hydrogen-bond donors (Lipinski definition) is 0. The van der Waals surface area contributed by atoms with Crippen LogP contribution in [-0.4, -0.2) is 12.4 Å². The first-order chi connectivity index (χ1) is 10.6. The van der Waals surface area contributed by atoms with Gasteiger partial charge in [0, 0.05) is 0 Å². The third-order valence-electron chi connectivity index (χ3n) is 2.90. The van der Waals surface area contributed by atoms with Gasteiger partial charge in [-0.15, -0.1) is 0 Å². The molecule has 0 saturated heterocycles. The van der Waals surface area contributed by atoms with Crippen molar-refractivity contribution in [3.8, 4) is 11.5 Å². The highest BCUT2D eigenvalue weighted by Crippen LogP contribution is 2.29. The van der Waals surface area contributed by atoms with E-state index in [-0.39, 0.29) is 5.82 Å².